The lowest BCUT2D eigenvalue weighted by Crippen LogP contribution is -2.14. The van der Waals surface area contributed by atoms with Gasteiger partial charge in [-0.05, 0) is 30.4 Å². The molecule has 0 bridgehead atoms. The van der Waals surface area contributed by atoms with E-state index in [2.05, 4.69) is 74.3 Å². The fraction of sp³-hybridized carbons (Fsp3) is 0.500. The zero-order valence-electron chi connectivity index (χ0n) is 11.0. The summed E-state index contributed by atoms with van der Waals surface area (Å²) in [5.74, 6) is 0. The van der Waals surface area contributed by atoms with E-state index in [1.54, 1.807) is 11.3 Å². The van der Waals surface area contributed by atoms with Crippen LogP contribution in [-0.2, 0) is 8.84 Å². The minimum atomic E-state index is 0.152. The van der Waals surface area contributed by atoms with Crippen LogP contribution >= 0.6 is 33.9 Å². The normalized spacial score (nSPS) is 13.3. The number of benzene rings is 1. The van der Waals surface area contributed by atoms with Crippen LogP contribution in [0, 0.1) is 0 Å². The van der Waals surface area contributed by atoms with Gasteiger partial charge in [-0.15, -0.1) is 11.3 Å². The average molecular weight is 359 g/mol. The average Bonchev–Trinajstić information content (AvgIpc) is 2.60. The molecule has 0 spiro atoms. The molecule has 2 rings (SSSR count). The first kappa shape index (κ1) is 13.3. The van der Waals surface area contributed by atoms with Gasteiger partial charge in [0.05, 0.1) is 15.7 Å². The van der Waals surface area contributed by atoms with Crippen LogP contribution in [0.25, 0.3) is 10.2 Å². The van der Waals surface area contributed by atoms with E-state index in [0.717, 1.165) is 0 Å². The zero-order chi connectivity index (χ0) is 12.8. The molecule has 1 nitrogen and oxygen atoms in total. The smallest absolute Gasteiger partial charge is 0.0852 e. The molecule has 1 aromatic carbocycles. The molecule has 0 amide bonds. The quantitative estimate of drug-likeness (QED) is 0.500. The lowest BCUT2D eigenvalue weighted by molar-refractivity contribution is 0.594. The highest BCUT2D eigenvalue weighted by atomic mass is 127. The Labute approximate surface area is 121 Å². The minimum absolute atomic E-state index is 0.152. The van der Waals surface area contributed by atoms with Crippen LogP contribution in [-0.4, -0.2) is 4.98 Å². The van der Waals surface area contributed by atoms with E-state index in [1.165, 1.54) is 21.3 Å². The van der Waals surface area contributed by atoms with E-state index >= 15 is 0 Å². The number of halogens is 1. The number of alkyl halides is 1. The van der Waals surface area contributed by atoms with Crippen molar-refractivity contribution < 1.29 is 0 Å². The van der Waals surface area contributed by atoms with Crippen LogP contribution in [0.4, 0.5) is 0 Å². The second kappa shape index (κ2) is 4.19. The maximum absolute atomic E-state index is 4.57. The molecule has 0 fully saturated rings. The maximum Gasteiger partial charge on any atom is 0.0852 e. The Bertz CT molecular complexity index is 495. The summed E-state index contributed by atoms with van der Waals surface area (Å²) >= 11 is 4.25. The molecular weight excluding hydrogens is 341 g/mol. The molecule has 1 aromatic heterocycles. The molecule has 0 saturated heterocycles. The third-order valence-corrected chi connectivity index (χ3v) is 4.37. The topological polar surface area (TPSA) is 12.9 Å². The van der Waals surface area contributed by atoms with Crippen LogP contribution < -0.4 is 0 Å². The second-order valence-electron chi connectivity index (χ2n) is 5.91. The Morgan fingerprint density at radius 1 is 1.06 bits per heavy atom. The van der Waals surface area contributed by atoms with Gasteiger partial charge in [0.15, 0.2) is 0 Å². The lowest BCUT2D eigenvalue weighted by Gasteiger charge is -2.23. The number of rotatable bonds is 1. The lowest BCUT2D eigenvalue weighted by atomic mass is 9.85. The highest BCUT2D eigenvalue weighted by Crippen LogP contribution is 2.40. The first-order valence-corrected chi connectivity index (χ1v) is 7.73. The van der Waals surface area contributed by atoms with Crippen molar-refractivity contribution in [2.24, 2.45) is 0 Å². The van der Waals surface area contributed by atoms with Gasteiger partial charge in [-0.3, -0.25) is 0 Å². The number of hydrogen-bond acceptors (Lipinski definition) is 2. The molecule has 17 heavy (non-hydrogen) atoms. The van der Waals surface area contributed by atoms with Gasteiger partial charge in [0.1, 0.15) is 0 Å². The van der Waals surface area contributed by atoms with Crippen LogP contribution in [0.1, 0.15) is 45.7 Å². The molecular formula is C14H18INS. The summed E-state index contributed by atoms with van der Waals surface area (Å²) in [5, 5.41) is 0. The SMILES string of the molecule is CC(C)(C)c1ccc(C(C)(C)I)c2scnc12. The van der Waals surface area contributed by atoms with Gasteiger partial charge in [-0.1, -0.05) is 55.5 Å². The second-order valence-corrected chi connectivity index (χ2v) is 9.46. The van der Waals surface area contributed by atoms with Crippen LogP contribution in [0.3, 0.4) is 0 Å². The summed E-state index contributed by atoms with van der Waals surface area (Å²) in [6, 6.07) is 4.52. The Morgan fingerprint density at radius 3 is 2.18 bits per heavy atom. The van der Waals surface area contributed by atoms with E-state index in [4.69, 9.17) is 0 Å². The highest BCUT2D eigenvalue weighted by Gasteiger charge is 2.24. The summed E-state index contributed by atoms with van der Waals surface area (Å²) in [6.07, 6.45) is 0. The molecule has 92 valence electrons. The predicted octanol–water partition coefficient (Wildman–Crippen LogP) is 5.26. The molecule has 0 saturated carbocycles. The largest absolute Gasteiger partial charge is 0.244 e. The van der Waals surface area contributed by atoms with Crippen LogP contribution in [0.2, 0.25) is 0 Å². The molecule has 0 unspecified atom stereocenters. The summed E-state index contributed by atoms with van der Waals surface area (Å²) < 4.78 is 1.50. The molecule has 0 N–H and O–H groups in total. The van der Waals surface area contributed by atoms with Crippen molar-refractivity contribution in [2.75, 3.05) is 0 Å². The van der Waals surface area contributed by atoms with Crippen molar-refractivity contribution in [1.82, 2.24) is 4.98 Å². The molecule has 1 heterocycles. The molecule has 2 aromatic rings. The van der Waals surface area contributed by atoms with Crippen molar-refractivity contribution in [1.29, 1.82) is 0 Å². The van der Waals surface area contributed by atoms with Gasteiger partial charge in [0.2, 0.25) is 0 Å². The number of thiazole rings is 1. The van der Waals surface area contributed by atoms with Gasteiger partial charge in [0, 0.05) is 3.42 Å². The molecule has 3 heteroatoms. The van der Waals surface area contributed by atoms with Gasteiger partial charge in [-0.2, -0.15) is 0 Å². The third-order valence-electron chi connectivity index (χ3n) is 2.93. The van der Waals surface area contributed by atoms with Crippen LogP contribution in [0.15, 0.2) is 17.6 Å². The number of fused-ring (bicyclic) bond motifs is 1. The first-order valence-electron chi connectivity index (χ1n) is 5.77. The third kappa shape index (κ3) is 2.50. The zero-order valence-corrected chi connectivity index (χ0v) is 13.9. The predicted molar refractivity (Wildman–Crippen MR) is 85.4 cm³/mol. The standard InChI is InChI=1S/C14H18INS/c1-13(2,3)9-6-7-10(14(4,5)15)12-11(9)16-8-17-12/h6-8H,1-5H3. The fourth-order valence-electron chi connectivity index (χ4n) is 2.02. The van der Waals surface area contributed by atoms with Gasteiger partial charge in [0.25, 0.3) is 0 Å². The Hall–Kier alpha value is -0.160. The number of aromatic nitrogens is 1. The summed E-state index contributed by atoms with van der Waals surface area (Å²) in [4.78, 5) is 4.57. The van der Waals surface area contributed by atoms with E-state index in [1.807, 2.05) is 5.51 Å². The maximum atomic E-state index is 4.57. The Balaban J connectivity index is 2.76. The van der Waals surface area contributed by atoms with E-state index in [9.17, 15) is 0 Å². The first-order chi connectivity index (χ1) is 7.71. The molecule has 0 aliphatic carbocycles. The van der Waals surface area contributed by atoms with E-state index < -0.39 is 0 Å². The summed E-state index contributed by atoms with van der Waals surface area (Å²) in [6.45, 7) is 11.2. The van der Waals surface area contributed by atoms with Crippen molar-refractivity contribution in [3.8, 4) is 0 Å². The Kier molecular flexibility index (Phi) is 3.28. The summed E-state index contributed by atoms with van der Waals surface area (Å²) in [7, 11) is 0. The van der Waals surface area contributed by atoms with Crippen molar-refractivity contribution in [3.63, 3.8) is 0 Å². The van der Waals surface area contributed by atoms with Crippen molar-refractivity contribution >= 4 is 44.1 Å². The van der Waals surface area contributed by atoms with Gasteiger partial charge < -0.3 is 0 Å². The van der Waals surface area contributed by atoms with Crippen molar-refractivity contribution in [2.45, 2.75) is 43.5 Å². The number of hydrogen-bond donors (Lipinski definition) is 0. The molecule has 0 aliphatic heterocycles. The Morgan fingerprint density at radius 2 is 1.65 bits per heavy atom. The van der Waals surface area contributed by atoms with Crippen molar-refractivity contribution in [3.05, 3.63) is 28.8 Å². The molecule has 0 atom stereocenters. The monoisotopic (exact) mass is 359 g/mol. The van der Waals surface area contributed by atoms with E-state index in [-0.39, 0.29) is 8.84 Å². The highest BCUT2D eigenvalue weighted by molar-refractivity contribution is 14.1. The number of nitrogens with zero attached hydrogens (tertiary/aromatic N) is 1. The molecule has 0 radical (unpaired) electrons. The minimum Gasteiger partial charge on any atom is -0.244 e. The molecule has 0 aliphatic rings. The van der Waals surface area contributed by atoms with Gasteiger partial charge >= 0.3 is 0 Å². The van der Waals surface area contributed by atoms with Crippen LogP contribution in [0.5, 0.6) is 0 Å². The van der Waals surface area contributed by atoms with Gasteiger partial charge in [-0.25, -0.2) is 4.98 Å². The fourth-order valence-corrected chi connectivity index (χ4v) is 3.64. The summed E-state index contributed by atoms with van der Waals surface area (Å²) in [5.41, 5.74) is 6.04. The van der Waals surface area contributed by atoms with E-state index in [0.29, 0.717) is 0 Å².